The lowest BCUT2D eigenvalue weighted by molar-refractivity contribution is 0.0558. The standard InChI is InChI=1S/C12H14BrN3O2/c1-17-10-5-4-9(13)12-11(10)14-15-16(12)8-3-2-6-18-7-8/h4-5,8H,2-3,6-7H2,1H3. The van der Waals surface area contributed by atoms with E-state index in [2.05, 4.69) is 26.2 Å². The van der Waals surface area contributed by atoms with E-state index in [4.69, 9.17) is 9.47 Å². The average Bonchev–Trinajstić information content (AvgIpc) is 2.86. The van der Waals surface area contributed by atoms with Crippen LogP contribution in [0.25, 0.3) is 11.0 Å². The van der Waals surface area contributed by atoms with E-state index in [0.29, 0.717) is 6.61 Å². The fraction of sp³-hybridized carbons (Fsp3) is 0.500. The summed E-state index contributed by atoms with van der Waals surface area (Å²) in [5.41, 5.74) is 1.77. The van der Waals surface area contributed by atoms with E-state index in [9.17, 15) is 0 Å². The second-order valence-corrected chi connectivity index (χ2v) is 5.21. The molecule has 1 aliphatic heterocycles. The van der Waals surface area contributed by atoms with Gasteiger partial charge in [-0.15, -0.1) is 5.10 Å². The summed E-state index contributed by atoms with van der Waals surface area (Å²) in [6, 6.07) is 4.11. The van der Waals surface area contributed by atoms with E-state index < -0.39 is 0 Å². The smallest absolute Gasteiger partial charge is 0.156 e. The first kappa shape index (κ1) is 11.9. The number of ether oxygens (including phenoxy) is 2. The zero-order valence-electron chi connectivity index (χ0n) is 10.1. The van der Waals surface area contributed by atoms with Crippen LogP contribution < -0.4 is 4.74 Å². The highest BCUT2D eigenvalue weighted by molar-refractivity contribution is 9.10. The molecule has 2 heterocycles. The quantitative estimate of drug-likeness (QED) is 0.855. The third-order valence-electron chi connectivity index (χ3n) is 3.24. The van der Waals surface area contributed by atoms with Crippen molar-refractivity contribution in [1.82, 2.24) is 15.0 Å². The second kappa shape index (κ2) is 4.85. The number of methoxy groups -OCH3 is 1. The van der Waals surface area contributed by atoms with Crippen LogP contribution in [-0.4, -0.2) is 35.3 Å². The Morgan fingerprint density at radius 1 is 1.50 bits per heavy atom. The van der Waals surface area contributed by atoms with Crippen LogP contribution in [0.1, 0.15) is 18.9 Å². The molecule has 1 fully saturated rings. The number of nitrogens with zero attached hydrogens (tertiary/aromatic N) is 3. The van der Waals surface area contributed by atoms with Crippen LogP contribution in [0.2, 0.25) is 0 Å². The van der Waals surface area contributed by atoms with Gasteiger partial charge in [0.1, 0.15) is 11.3 Å². The molecule has 0 saturated carbocycles. The minimum Gasteiger partial charge on any atom is -0.494 e. The molecule has 0 amide bonds. The van der Waals surface area contributed by atoms with Crippen molar-refractivity contribution in [3.63, 3.8) is 0 Å². The van der Waals surface area contributed by atoms with E-state index >= 15 is 0 Å². The largest absolute Gasteiger partial charge is 0.494 e. The van der Waals surface area contributed by atoms with E-state index in [-0.39, 0.29) is 6.04 Å². The van der Waals surface area contributed by atoms with E-state index in [1.54, 1.807) is 7.11 Å². The van der Waals surface area contributed by atoms with Gasteiger partial charge >= 0.3 is 0 Å². The Balaban J connectivity index is 2.12. The van der Waals surface area contributed by atoms with Gasteiger partial charge in [0, 0.05) is 11.1 Å². The van der Waals surface area contributed by atoms with Crippen molar-refractivity contribution in [3.8, 4) is 5.75 Å². The van der Waals surface area contributed by atoms with Crippen LogP contribution in [-0.2, 0) is 4.74 Å². The number of rotatable bonds is 2. The normalized spacial score (nSPS) is 20.2. The molecule has 0 N–H and O–H groups in total. The van der Waals surface area contributed by atoms with Gasteiger partial charge in [-0.2, -0.15) is 0 Å². The first-order chi connectivity index (χ1) is 8.81. The van der Waals surface area contributed by atoms with Gasteiger partial charge in [0.25, 0.3) is 0 Å². The van der Waals surface area contributed by atoms with Gasteiger partial charge in [-0.1, -0.05) is 5.21 Å². The van der Waals surface area contributed by atoms with Crippen LogP contribution in [0, 0.1) is 0 Å². The van der Waals surface area contributed by atoms with Gasteiger partial charge in [0.15, 0.2) is 5.52 Å². The van der Waals surface area contributed by atoms with Gasteiger partial charge in [-0.25, -0.2) is 4.68 Å². The zero-order valence-corrected chi connectivity index (χ0v) is 11.7. The first-order valence-electron chi connectivity index (χ1n) is 5.96. The highest BCUT2D eigenvalue weighted by atomic mass is 79.9. The molecule has 1 unspecified atom stereocenters. The SMILES string of the molecule is COc1ccc(Br)c2c1nnn2C1CCCOC1. The van der Waals surface area contributed by atoms with Crippen molar-refractivity contribution in [1.29, 1.82) is 0 Å². The van der Waals surface area contributed by atoms with Crippen LogP contribution >= 0.6 is 15.9 Å². The Kier molecular flexibility index (Phi) is 3.22. The van der Waals surface area contributed by atoms with Crippen molar-refractivity contribution in [2.24, 2.45) is 0 Å². The average molecular weight is 312 g/mol. The lowest BCUT2D eigenvalue weighted by Crippen LogP contribution is -2.22. The number of hydrogen-bond acceptors (Lipinski definition) is 4. The van der Waals surface area contributed by atoms with Crippen molar-refractivity contribution >= 4 is 27.0 Å². The summed E-state index contributed by atoms with van der Waals surface area (Å²) in [6.07, 6.45) is 2.13. The molecule has 18 heavy (non-hydrogen) atoms. The minimum absolute atomic E-state index is 0.257. The Bertz CT molecular complexity index is 564. The van der Waals surface area contributed by atoms with E-state index in [1.165, 1.54) is 0 Å². The zero-order chi connectivity index (χ0) is 12.5. The molecular weight excluding hydrogens is 298 g/mol. The Labute approximate surface area is 113 Å². The van der Waals surface area contributed by atoms with E-state index in [0.717, 1.165) is 40.7 Å². The maximum atomic E-state index is 5.52. The Morgan fingerprint density at radius 3 is 3.11 bits per heavy atom. The molecule has 96 valence electrons. The van der Waals surface area contributed by atoms with Crippen LogP contribution in [0.3, 0.4) is 0 Å². The fourth-order valence-electron chi connectivity index (χ4n) is 2.33. The van der Waals surface area contributed by atoms with Crippen LogP contribution in [0.15, 0.2) is 16.6 Å². The molecule has 1 aromatic heterocycles. The molecule has 0 bridgehead atoms. The van der Waals surface area contributed by atoms with Crippen molar-refractivity contribution in [3.05, 3.63) is 16.6 Å². The molecule has 1 atom stereocenters. The summed E-state index contributed by atoms with van der Waals surface area (Å²) in [5.74, 6) is 0.746. The van der Waals surface area contributed by atoms with Crippen molar-refractivity contribution in [2.45, 2.75) is 18.9 Å². The van der Waals surface area contributed by atoms with Crippen LogP contribution in [0.5, 0.6) is 5.75 Å². The third-order valence-corrected chi connectivity index (χ3v) is 3.88. The maximum Gasteiger partial charge on any atom is 0.156 e. The fourth-order valence-corrected chi connectivity index (χ4v) is 2.83. The molecule has 5 nitrogen and oxygen atoms in total. The Hall–Kier alpha value is -1.14. The summed E-state index contributed by atoms with van der Waals surface area (Å²) in [5, 5.41) is 8.49. The summed E-state index contributed by atoms with van der Waals surface area (Å²) in [4.78, 5) is 0. The topological polar surface area (TPSA) is 49.2 Å². The molecule has 1 aromatic carbocycles. The lowest BCUT2D eigenvalue weighted by atomic mass is 10.1. The molecule has 1 saturated heterocycles. The van der Waals surface area contributed by atoms with E-state index in [1.807, 2.05) is 16.8 Å². The number of fused-ring (bicyclic) bond motifs is 1. The molecule has 0 aliphatic carbocycles. The van der Waals surface area contributed by atoms with Gasteiger partial charge in [0.2, 0.25) is 0 Å². The lowest BCUT2D eigenvalue weighted by Gasteiger charge is -2.22. The summed E-state index contributed by atoms with van der Waals surface area (Å²) < 4.78 is 13.8. The molecule has 1 aliphatic rings. The third kappa shape index (κ3) is 1.89. The molecule has 0 radical (unpaired) electrons. The van der Waals surface area contributed by atoms with Gasteiger partial charge in [-0.05, 0) is 40.9 Å². The highest BCUT2D eigenvalue weighted by Crippen LogP contribution is 2.32. The number of benzene rings is 1. The molecule has 0 spiro atoms. The first-order valence-corrected chi connectivity index (χ1v) is 6.75. The molecule has 2 aromatic rings. The van der Waals surface area contributed by atoms with Gasteiger partial charge < -0.3 is 9.47 Å². The predicted molar refractivity (Wildman–Crippen MR) is 70.9 cm³/mol. The number of aromatic nitrogens is 3. The maximum absolute atomic E-state index is 5.52. The number of hydrogen-bond donors (Lipinski definition) is 0. The summed E-state index contributed by atoms with van der Waals surface area (Å²) >= 11 is 3.56. The Morgan fingerprint density at radius 2 is 2.39 bits per heavy atom. The van der Waals surface area contributed by atoms with Crippen molar-refractivity contribution in [2.75, 3.05) is 20.3 Å². The number of halogens is 1. The predicted octanol–water partition coefficient (Wildman–Crippen LogP) is 2.55. The summed E-state index contributed by atoms with van der Waals surface area (Å²) in [7, 11) is 1.64. The van der Waals surface area contributed by atoms with Crippen molar-refractivity contribution < 1.29 is 9.47 Å². The summed E-state index contributed by atoms with van der Waals surface area (Å²) in [6.45, 7) is 1.54. The molecule has 6 heteroatoms. The molecule has 3 rings (SSSR count). The minimum atomic E-state index is 0.257. The monoisotopic (exact) mass is 311 g/mol. The van der Waals surface area contributed by atoms with Crippen LogP contribution in [0.4, 0.5) is 0 Å². The highest BCUT2D eigenvalue weighted by Gasteiger charge is 2.22. The second-order valence-electron chi connectivity index (χ2n) is 4.35. The molecular formula is C12H14BrN3O2. The van der Waals surface area contributed by atoms with Gasteiger partial charge in [0.05, 0.1) is 19.8 Å². The van der Waals surface area contributed by atoms with Gasteiger partial charge in [-0.3, -0.25) is 0 Å².